The molecule has 0 unspecified atom stereocenters. The van der Waals surface area contributed by atoms with Gasteiger partial charge in [0.2, 0.25) is 0 Å². The number of nitriles is 1. The summed E-state index contributed by atoms with van der Waals surface area (Å²) in [7, 11) is 1.49. The van der Waals surface area contributed by atoms with Gasteiger partial charge in [0.25, 0.3) is 5.69 Å². The first kappa shape index (κ1) is 18.2. The summed E-state index contributed by atoms with van der Waals surface area (Å²) in [6, 6.07) is 8.01. The Hall–Kier alpha value is -3.19. The molecule has 1 N–H and O–H groups in total. The summed E-state index contributed by atoms with van der Waals surface area (Å²) in [6.45, 7) is -0.0936. The first-order valence-corrected chi connectivity index (χ1v) is 7.61. The van der Waals surface area contributed by atoms with Gasteiger partial charge >= 0.3 is 0 Å². The zero-order valence-electron chi connectivity index (χ0n) is 13.0. The fourth-order valence-corrected chi connectivity index (χ4v) is 2.19. The van der Waals surface area contributed by atoms with Crippen LogP contribution in [-0.2, 0) is 0 Å². The molecule has 0 atom stereocenters. The Morgan fingerprint density at radius 3 is 2.88 bits per heavy atom. The van der Waals surface area contributed by atoms with E-state index in [0.717, 1.165) is 6.20 Å². The van der Waals surface area contributed by atoms with Gasteiger partial charge in [-0.25, -0.2) is 4.98 Å². The third-order valence-electron chi connectivity index (χ3n) is 2.92. The molecule has 0 saturated carbocycles. The minimum absolute atomic E-state index is 0.0936. The highest BCUT2D eigenvalue weighted by Gasteiger charge is 2.09. The van der Waals surface area contributed by atoms with Crippen LogP contribution in [0.3, 0.4) is 0 Å². The maximum Gasteiger partial charge on any atom is 0.287 e. The normalized spacial score (nSPS) is 10.3. The number of pyridine rings is 1. The van der Waals surface area contributed by atoms with Gasteiger partial charge in [-0.1, -0.05) is 0 Å². The van der Waals surface area contributed by atoms with Crippen LogP contribution in [0.4, 0.5) is 11.5 Å². The molecule has 0 amide bonds. The predicted molar refractivity (Wildman–Crippen MR) is 93.9 cm³/mol. The smallest absolute Gasteiger partial charge is 0.287 e. The minimum atomic E-state index is -0.528. The maximum absolute atomic E-state index is 10.6. The number of aromatic nitrogens is 1. The van der Waals surface area contributed by atoms with Gasteiger partial charge in [-0.3, -0.25) is 15.5 Å². The number of nitrogens with one attached hydrogen (secondary N) is 1. The molecule has 0 saturated heterocycles. The molecule has 0 fully saturated rings. The van der Waals surface area contributed by atoms with Crippen LogP contribution in [0.5, 0.6) is 11.5 Å². The molecular formula is C15H12BrN5O4. The van der Waals surface area contributed by atoms with Crippen LogP contribution in [0.25, 0.3) is 0 Å². The third-order valence-corrected chi connectivity index (χ3v) is 3.60. The van der Waals surface area contributed by atoms with E-state index < -0.39 is 4.92 Å². The number of nitro groups is 1. The van der Waals surface area contributed by atoms with E-state index in [1.165, 1.54) is 25.5 Å². The number of hydrogen-bond acceptors (Lipinski definition) is 8. The summed E-state index contributed by atoms with van der Waals surface area (Å²) in [5, 5.41) is 23.2. The lowest BCUT2D eigenvalue weighted by atomic mass is 10.2. The fourth-order valence-electron chi connectivity index (χ4n) is 1.76. The van der Waals surface area contributed by atoms with Gasteiger partial charge in [0.15, 0.2) is 18.1 Å². The van der Waals surface area contributed by atoms with Gasteiger partial charge in [-0.05, 0) is 34.1 Å². The Labute approximate surface area is 151 Å². The van der Waals surface area contributed by atoms with Gasteiger partial charge in [-0.15, -0.1) is 0 Å². The van der Waals surface area contributed by atoms with Crippen LogP contribution < -0.4 is 14.9 Å². The van der Waals surface area contributed by atoms with Crippen LogP contribution >= 0.6 is 15.9 Å². The molecule has 0 aliphatic carbocycles. The second kappa shape index (κ2) is 8.60. The average molecular weight is 406 g/mol. The molecule has 2 rings (SSSR count). The number of halogens is 1. The molecule has 10 heteroatoms. The molecule has 1 heterocycles. The minimum Gasteiger partial charge on any atom is -0.493 e. The number of nitrogens with zero attached hydrogens (tertiary/aromatic N) is 4. The van der Waals surface area contributed by atoms with Gasteiger partial charge in [-0.2, -0.15) is 10.4 Å². The monoisotopic (exact) mass is 405 g/mol. The molecular weight excluding hydrogens is 394 g/mol. The van der Waals surface area contributed by atoms with Crippen LogP contribution in [0, 0.1) is 21.4 Å². The topological polar surface area (TPSA) is 123 Å². The highest BCUT2D eigenvalue weighted by molar-refractivity contribution is 9.10. The lowest BCUT2D eigenvalue weighted by Crippen LogP contribution is -1.99. The van der Waals surface area contributed by atoms with Gasteiger partial charge in [0.05, 0.1) is 18.2 Å². The van der Waals surface area contributed by atoms with Crippen LogP contribution in [0.15, 0.2) is 40.0 Å². The van der Waals surface area contributed by atoms with E-state index in [1.54, 1.807) is 12.1 Å². The first-order valence-electron chi connectivity index (χ1n) is 6.82. The van der Waals surface area contributed by atoms with E-state index >= 15 is 0 Å². The summed E-state index contributed by atoms with van der Waals surface area (Å²) in [6.07, 6.45) is 2.65. The standard InChI is InChI=1S/C15H12BrN5O4/c1-24-13-6-10(12(16)7-14(13)25-5-4-17)8-19-20-15-3-2-11(9-18-15)21(22)23/h2-3,6-9H,5H2,1H3,(H,18,20)/b19-8-. The van der Waals surface area contributed by atoms with Crippen molar-refractivity contribution < 1.29 is 14.4 Å². The summed E-state index contributed by atoms with van der Waals surface area (Å²) < 4.78 is 11.2. The van der Waals surface area contributed by atoms with E-state index in [2.05, 4.69) is 31.4 Å². The highest BCUT2D eigenvalue weighted by atomic mass is 79.9. The molecule has 1 aromatic carbocycles. The molecule has 0 aliphatic rings. The predicted octanol–water partition coefficient (Wildman–Crippen LogP) is 3.11. The van der Waals surface area contributed by atoms with Crippen molar-refractivity contribution in [2.75, 3.05) is 19.1 Å². The van der Waals surface area contributed by atoms with Crippen molar-refractivity contribution in [2.45, 2.75) is 0 Å². The van der Waals surface area contributed by atoms with Crippen molar-refractivity contribution in [1.29, 1.82) is 5.26 Å². The number of hydrogen-bond donors (Lipinski definition) is 1. The van der Waals surface area contributed by atoms with Crippen LogP contribution in [0.2, 0.25) is 0 Å². The van der Waals surface area contributed by atoms with Gasteiger partial charge in [0.1, 0.15) is 18.1 Å². The SMILES string of the molecule is COc1cc(/C=N\Nc2ccc([N+](=O)[O-])cn2)c(Br)cc1OCC#N. The van der Waals surface area contributed by atoms with Gasteiger partial charge < -0.3 is 9.47 Å². The molecule has 2 aromatic rings. The lowest BCUT2D eigenvalue weighted by molar-refractivity contribution is -0.385. The van der Waals surface area contributed by atoms with E-state index in [1.807, 2.05) is 6.07 Å². The zero-order valence-corrected chi connectivity index (χ0v) is 14.6. The Morgan fingerprint density at radius 2 is 2.28 bits per heavy atom. The van der Waals surface area contributed by atoms with E-state index in [4.69, 9.17) is 14.7 Å². The van der Waals surface area contributed by atoms with Crippen molar-refractivity contribution in [3.63, 3.8) is 0 Å². The number of methoxy groups -OCH3 is 1. The third kappa shape index (κ3) is 4.89. The van der Waals surface area contributed by atoms with E-state index in [0.29, 0.717) is 27.4 Å². The molecule has 128 valence electrons. The Bertz CT molecular complexity index is 833. The average Bonchev–Trinajstić information content (AvgIpc) is 2.61. The molecule has 0 aliphatic heterocycles. The van der Waals surface area contributed by atoms with Crippen LogP contribution in [-0.4, -0.2) is 29.8 Å². The molecule has 1 aromatic heterocycles. The highest BCUT2D eigenvalue weighted by Crippen LogP contribution is 2.32. The fraction of sp³-hybridized carbons (Fsp3) is 0.133. The van der Waals surface area contributed by atoms with Crippen molar-refractivity contribution in [2.24, 2.45) is 5.10 Å². The second-order valence-electron chi connectivity index (χ2n) is 4.50. The Kier molecular flexibility index (Phi) is 6.25. The lowest BCUT2D eigenvalue weighted by Gasteiger charge is -2.10. The van der Waals surface area contributed by atoms with Gasteiger partial charge in [0, 0.05) is 16.1 Å². The largest absolute Gasteiger partial charge is 0.493 e. The van der Waals surface area contributed by atoms with Crippen molar-refractivity contribution >= 4 is 33.6 Å². The van der Waals surface area contributed by atoms with E-state index in [9.17, 15) is 10.1 Å². The molecule has 0 radical (unpaired) electrons. The van der Waals surface area contributed by atoms with E-state index in [-0.39, 0.29) is 12.3 Å². The Morgan fingerprint density at radius 1 is 1.48 bits per heavy atom. The first-order chi connectivity index (χ1) is 12.0. The molecule has 25 heavy (non-hydrogen) atoms. The molecule has 9 nitrogen and oxygen atoms in total. The number of hydrazone groups is 1. The summed E-state index contributed by atoms with van der Waals surface area (Å²) in [5.74, 6) is 1.24. The number of benzene rings is 1. The maximum atomic E-state index is 10.6. The molecule has 0 bridgehead atoms. The van der Waals surface area contributed by atoms with Crippen molar-refractivity contribution in [3.05, 3.63) is 50.6 Å². The summed E-state index contributed by atoms with van der Waals surface area (Å²) in [4.78, 5) is 13.9. The van der Waals surface area contributed by atoms with Crippen molar-refractivity contribution in [1.82, 2.24) is 4.98 Å². The Balaban J connectivity index is 2.12. The van der Waals surface area contributed by atoms with Crippen LogP contribution in [0.1, 0.15) is 5.56 Å². The summed E-state index contributed by atoms with van der Waals surface area (Å²) >= 11 is 3.39. The molecule has 0 spiro atoms. The summed E-state index contributed by atoms with van der Waals surface area (Å²) in [5.41, 5.74) is 3.26. The van der Waals surface area contributed by atoms with Crippen molar-refractivity contribution in [3.8, 4) is 17.6 Å². The number of anilines is 1. The number of rotatable bonds is 7. The number of ether oxygens (including phenoxy) is 2. The zero-order chi connectivity index (χ0) is 18.2. The quantitative estimate of drug-likeness (QED) is 0.426. The second-order valence-corrected chi connectivity index (χ2v) is 5.35.